The van der Waals surface area contributed by atoms with Crippen molar-refractivity contribution < 1.29 is 9.59 Å². The van der Waals surface area contributed by atoms with Gasteiger partial charge in [-0.1, -0.05) is 18.2 Å². The number of anilines is 2. The van der Waals surface area contributed by atoms with Crippen LogP contribution in [0.15, 0.2) is 60.7 Å². The summed E-state index contributed by atoms with van der Waals surface area (Å²) in [5.41, 5.74) is 2.27. The summed E-state index contributed by atoms with van der Waals surface area (Å²) in [6.07, 6.45) is 0. The number of fused-ring (bicyclic) bond motifs is 2. The number of carbonyl (C=O) groups is 2. The van der Waals surface area contributed by atoms with E-state index >= 15 is 0 Å². The molecule has 26 heavy (non-hydrogen) atoms. The minimum Gasteiger partial charge on any atom is -0.326 e. The van der Waals surface area contributed by atoms with Gasteiger partial charge in [0.05, 0.1) is 10.4 Å². The van der Waals surface area contributed by atoms with E-state index in [1.807, 2.05) is 36.4 Å². The molecule has 2 aromatic carbocycles. The van der Waals surface area contributed by atoms with Crippen LogP contribution in [0, 0.1) is 0 Å². The second-order valence-corrected chi connectivity index (χ2v) is 6.93. The molecule has 128 valence electrons. The molecule has 4 aromatic rings. The SMILES string of the molecule is CC(=O)Nc1ccc(NC(=O)c2cc3cc4ccccc4nc3s2)cc1. The molecule has 0 saturated heterocycles. The minimum absolute atomic E-state index is 0.132. The Kier molecular flexibility index (Phi) is 4.10. The maximum atomic E-state index is 12.5. The Morgan fingerprint density at radius 3 is 2.31 bits per heavy atom. The van der Waals surface area contributed by atoms with Crippen LogP contribution in [0.2, 0.25) is 0 Å². The number of benzene rings is 2. The third-order valence-electron chi connectivity index (χ3n) is 3.90. The second kappa shape index (κ2) is 6.57. The fourth-order valence-electron chi connectivity index (χ4n) is 2.72. The topological polar surface area (TPSA) is 71.1 Å². The van der Waals surface area contributed by atoms with Gasteiger partial charge in [-0.2, -0.15) is 0 Å². The molecule has 0 unspecified atom stereocenters. The molecule has 0 atom stereocenters. The third kappa shape index (κ3) is 3.27. The lowest BCUT2D eigenvalue weighted by molar-refractivity contribution is -0.114. The summed E-state index contributed by atoms with van der Waals surface area (Å²) in [5, 5.41) is 7.58. The van der Waals surface area contributed by atoms with E-state index in [4.69, 9.17) is 0 Å². The van der Waals surface area contributed by atoms with Crippen LogP contribution in [0.5, 0.6) is 0 Å². The first kappa shape index (κ1) is 16.2. The van der Waals surface area contributed by atoms with E-state index in [2.05, 4.69) is 15.6 Å². The largest absolute Gasteiger partial charge is 0.326 e. The Hall–Kier alpha value is -3.25. The van der Waals surface area contributed by atoms with Crippen molar-refractivity contribution in [2.24, 2.45) is 0 Å². The summed E-state index contributed by atoms with van der Waals surface area (Å²) in [6.45, 7) is 1.45. The fraction of sp³-hybridized carbons (Fsp3) is 0.0500. The first-order valence-corrected chi connectivity index (χ1v) is 8.88. The molecule has 0 fully saturated rings. The number of rotatable bonds is 3. The highest BCUT2D eigenvalue weighted by molar-refractivity contribution is 7.20. The Bertz CT molecular complexity index is 1080. The number of thiophene rings is 1. The Morgan fingerprint density at radius 1 is 0.885 bits per heavy atom. The zero-order valence-electron chi connectivity index (χ0n) is 13.9. The Balaban J connectivity index is 1.57. The number of hydrogen-bond acceptors (Lipinski definition) is 4. The van der Waals surface area contributed by atoms with Crippen molar-refractivity contribution >= 4 is 55.6 Å². The van der Waals surface area contributed by atoms with Crippen LogP contribution in [-0.2, 0) is 4.79 Å². The van der Waals surface area contributed by atoms with Crippen LogP contribution in [0.1, 0.15) is 16.6 Å². The van der Waals surface area contributed by atoms with Crippen LogP contribution in [0.4, 0.5) is 11.4 Å². The molecule has 0 saturated carbocycles. The quantitative estimate of drug-likeness (QED) is 0.557. The van der Waals surface area contributed by atoms with Crippen molar-refractivity contribution in [2.75, 3.05) is 10.6 Å². The number of aromatic nitrogens is 1. The molecule has 5 nitrogen and oxygen atoms in total. The number of para-hydroxylation sites is 1. The monoisotopic (exact) mass is 361 g/mol. The molecule has 2 heterocycles. The summed E-state index contributed by atoms with van der Waals surface area (Å²) >= 11 is 1.37. The molecule has 4 rings (SSSR count). The smallest absolute Gasteiger partial charge is 0.265 e. The average Bonchev–Trinajstić information content (AvgIpc) is 3.04. The maximum Gasteiger partial charge on any atom is 0.265 e. The van der Waals surface area contributed by atoms with E-state index in [0.717, 1.165) is 21.1 Å². The summed E-state index contributed by atoms with van der Waals surface area (Å²) in [6, 6.07) is 18.8. The lowest BCUT2D eigenvalue weighted by Gasteiger charge is -2.05. The minimum atomic E-state index is -0.177. The van der Waals surface area contributed by atoms with Gasteiger partial charge in [0.2, 0.25) is 5.91 Å². The van der Waals surface area contributed by atoms with Gasteiger partial charge in [0, 0.05) is 29.1 Å². The molecule has 2 amide bonds. The first-order valence-electron chi connectivity index (χ1n) is 8.07. The molecule has 0 aliphatic rings. The van der Waals surface area contributed by atoms with Crippen LogP contribution >= 0.6 is 11.3 Å². The molecule has 2 aromatic heterocycles. The van der Waals surface area contributed by atoms with Gasteiger partial charge in [0.25, 0.3) is 5.91 Å². The summed E-state index contributed by atoms with van der Waals surface area (Å²) in [4.78, 5) is 29.7. The molecule has 0 spiro atoms. The second-order valence-electron chi connectivity index (χ2n) is 5.90. The molecular weight excluding hydrogens is 346 g/mol. The Morgan fingerprint density at radius 2 is 1.58 bits per heavy atom. The van der Waals surface area contributed by atoms with Crippen molar-refractivity contribution in [1.82, 2.24) is 4.98 Å². The van der Waals surface area contributed by atoms with Crippen LogP contribution in [0.25, 0.3) is 21.1 Å². The van der Waals surface area contributed by atoms with E-state index in [9.17, 15) is 9.59 Å². The predicted octanol–water partition coefficient (Wildman–Crippen LogP) is 4.66. The number of nitrogens with zero attached hydrogens (tertiary/aromatic N) is 1. The summed E-state index contributed by atoms with van der Waals surface area (Å²) < 4.78 is 0. The number of hydrogen-bond donors (Lipinski definition) is 2. The van der Waals surface area contributed by atoms with Crippen LogP contribution < -0.4 is 10.6 Å². The third-order valence-corrected chi connectivity index (χ3v) is 4.94. The maximum absolute atomic E-state index is 12.5. The van der Waals surface area contributed by atoms with E-state index in [-0.39, 0.29) is 11.8 Å². The van der Waals surface area contributed by atoms with Crippen molar-refractivity contribution in [2.45, 2.75) is 6.92 Å². The molecule has 2 N–H and O–H groups in total. The summed E-state index contributed by atoms with van der Waals surface area (Å²) in [7, 11) is 0. The zero-order valence-corrected chi connectivity index (χ0v) is 14.8. The highest BCUT2D eigenvalue weighted by Crippen LogP contribution is 2.28. The first-order chi connectivity index (χ1) is 12.6. The molecular formula is C20H15N3O2S. The number of amides is 2. The van der Waals surface area contributed by atoms with Gasteiger partial charge in [-0.05, 0) is 42.5 Å². The molecule has 0 aliphatic carbocycles. The van der Waals surface area contributed by atoms with E-state index in [1.54, 1.807) is 24.3 Å². The van der Waals surface area contributed by atoms with Crippen LogP contribution in [0.3, 0.4) is 0 Å². The van der Waals surface area contributed by atoms with Gasteiger partial charge in [-0.25, -0.2) is 4.98 Å². The van der Waals surface area contributed by atoms with Crippen molar-refractivity contribution in [3.05, 3.63) is 65.5 Å². The van der Waals surface area contributed by atoms with E-state index in [1.165, 1.54) is 18.3 Å². The van der Waals surface area contributed by atoms with Gasteiger partial charge in [0.15, 0.2) is 0 Å². The molecule has 6 heteroatoms. The Labute approximate surface area is 153 Å². The lowest BCUT2D eigenvalue weighted by Crippen LogP contribution is -2.10. The normalized spacial score (nSPS) is 10.8. The van der Waals surface area contributed by atoms with Gasteiger partial charge >= 0.3 is 0 Å². The summed E-state index contributed by atoms with van der Waals surface area (Å²) in [5.74, 6) is -0.309. The lowest BCUT2D eigenvalue weighted by atomic mass is 10.2. The van der Waals surface area contributed by atoms with Gasteiger partial charge in [-0.3, -0.25) is 9.59 Å². The molecule has 0 aliphatic heterocycles. The fourth-order valence-corrected chi connectivity index (χ4v) is 3.64. The van der Waals surface area contributed by atoms with E-state index < -0.39 is 0 Å². The van der Waals surface area contributed by atoms with Crippen molar-refractivity contribution in [3.8, 4) is 0 Å². The van der Waals surface area contributed by atoms with Gasteiger partial charge < -0.3 is 10.6 Å². The standard InChI is InChI=1S/C20H15N3O2S/c1-12(24)21-15-6-8-16(9-7-15)22-19(25)18-11-14-10-13-4-2-3-5-17(13)23-20(14)26-18/h2-11H,1H3,(H,21,24)(H,22,25). The van der Waals surface area contributed by atoms with Gasteiger partial charge in [-0.15, -0.1) is 11.3 Å². The molecule has 0 radical (unpaired) electrons. The van der Waals surface area contributed by atoms with E-state index in [0.29, 0.717) is 16.3 Å². The average molecular weight is 361 g/mol. The molecule has 0 bridgehead atoms. The number of pyridine rings is 1. The number of nitrogens with one attached hydrogen (secondary N) is 2. The van der Waals surface area contributed by atoms with Crippen molar-refractivity contribution in [1.29, 1.82) is 0 Å². The predicted molar refractivity (Wildman–Crippen MR) is 106 cm³/mol. The number of carbonyl (C=O) groups excluding carboxylic acids is 2. The van der Waals surface area contributed by atoms with Crippen LogP contribution in [-0.4, -0.2) is 16.8 Å². The van der Waals surface area contributed by atoms with Gasteiger partial charge in [0.1, 0.15) is 4.83 Å². The zero-order chi connectivity index (χ0) is 18.1. The highest BCUT2D eigenvalue weighted by atomic mass is 32.1. The van der Waals surface area contributed by atoms with Crippen molar-refractivity contribution in [3.63, 3.8) is 0 Å². The highest BCUT2D eigenvalue weighted by Gasteiger charge is 2.12.